The first-order chi connectivity index (χ1) is 19.6. The summed E-state index contributed by atoms with van der Waals surface area (Å²) in [6.07, 6.45) is -2.65. The van der Waals surface area contributed by atoms with Crippen LogP contribution in [-0.4, -0.2) is 32.0 Å². The summed E-state index contributed by atoms with van der Waals surface area (Å²) in [5.74, 6) is -0.160. The minimum absolute atomic E-state index is 0.0633. The number of aryl methyl sites for hydroxylation is 2. The number of nitrogens with one attached hydrogen (secondary N) is 2. The molecule has 0 spiro atoms. The molecule has 0 bridgehead atoms. The molecule has 0 aliphatic carbocycles. The third-order valence-corrected chi connectivity index (χ3v) is 7.79. The molecule has 1 aliphatic rings. The average molecular weight is 578 g/mol. The Bertz CT molecular complexity index is 1580. The van der Waals surface area contributed by atoms with Gasteiger partial charge < -0.3 is 20.1 Å². The van der Waals surface area contributed by atoms with Crippen LogP contribution in [0.5, 0.6) is 0 Å². The summed E-state index contributed by atoms with van der Waals surface area (Å²) < 4.78 is 43.5. The first-order valence-electron chi connectivity index (χ1n) is 13.2. The van der Waals surface area contributed by atoms with Crippen molar-refractivity contribution in [1.82, 2.24) is 19.8 Å². The van der Waals surface area contributed by atoms with Crippen molar-refractivity contribution in [3.63, 3.8) is 0 Å². The maximum absolute atomic E-state index is 14.0. The SMILES string of the molecule is Cc1ccccc1NC(=O)CCN1C(=S)N[C@H](c2ccccn2)[C@@H]1c1cc(C)n(-c2ccccc2C(F)(F)F)c1C. The van der Waals surface area contributed by atoms with E-state index in [1.165, 1.54) is 12.1 Å². The number of alkyl halides is 3. The number of aromatic nitrogens is 2. The quantitative estimate of drug-likeness (QED) is 0.236. The van der Waals surface area contributed by atoms with Gasteiger partial charge in [0.05, 0.1) is 29.0 Å². The van der Waals surface area contributed by atoms with Crippen LogP contribution in [0, 0.1) is 20.8 Å². The third kappa shape index (κ3) is 5.69. The number of anilines is 1. The molecule has 10 heteroatoms. The van der Waals surface area contributed by atoms with Crippen LogP contribution in [0.4, 0.5) is 18.9 Å². The van der Waals surface area contributed by atoms with Crippen molar-refractivity contribution in [3.05, 3.63) is 113 Å². The van der Waals surface area contributed by atoms with Crippen molar-refractivity contribution in [3.8, 4) is 5.69 Å². The van der Waals surface area contributed by atoms with Gasteiger partial charge in [0.25, 0.3) is 0 Å². The number of thiocarbonyl (C=S) groups is 1. The summed E-state index contributed by atoms with van der Waals surface area (Å²) in [4.78, 5) is 19.4. The molecule has 0 radical (unpaired) electrons. The topological polar surface area (TPSA) is 62.2 Å². The number of carbonyl (C=O) groups excluding carboxylic acids is 1. The van der Waals surface area contributed by atoms with E-state index >= 15 is 0 Å². The number of nitrogens with zero attached hydrogens (tertiary/aromatic N) is 3. The highest BCUT2D eigenvalue weighted by Crippen LogP contribution is 2.42. The molecule has 1 amide bonds. The van der Waals surface area contributed by atoms with Gasteiger partial charge >= 0.3 is 6.18 Å². The lowest BCUT2D eigenvalue weighted by Gasteiger charge is -2.28. The van der Waals surface area contributed by atoms with Gasteiger partial charge in [-0.2, -0.15) is 13.2 Å². The van der Waals surface area contributed by atoms with E-state index in [4.69, 9.17) is 12.2 Å². The molecule has 1 fully saturated rings. The smallest absolute Gasteiger partial charge is 0.352 e. The second kappa shape index (κ2) is 11.4. The van der Waals surface area contributed by atoms with Crippen LogP contribution < -0.4 is 10.6 Å². The maximum atomic E-state index is 14.0. The van der Waals surface area contributed by atoms with E-state index in [0.717, 1.165) is 28.6 Å². The van der Waals surface area contributed by atoms with Gasteiger partial charge in [-0.3, -0.25) is 9.78 Å². The van der Waals surface area contributed by atoms with E-state index in [1.807, 2.05) is 67.3 Å². The number of pyridine rings is 1. The number of amides is 1. The second-order valence-electron chi connectivity index (χ2n) is 10.1. The van der Waals surface area contributed by atoms with Crippen molar-refractivity contribution in [2.45, 2.75) is 45.5 Å². The molecule has 6 nitrogen and oxygen atoms in total. The van der Waals surface area contributed by atoms with Crippen molar-refractivity contribution in [2.24, 2.45) is 0 Å². The van der Waals surface area contributed by atoms with E-state index in [2.05, 4.69) is 15.6 Å². The van der Waals surface area contributed by atoms with Gasteiger partial charge in [-0.1, -0.05) is 36.4 Å². The number of halogens is 3. The fourth-order valence-electron chi connectivity index (χ4n) is 5.50. The summed E-state index contributed by atoms with van der Waals surface area (Å²) in [5, 5.41) is 6.77. The summed E-state index contributed by atoms with van der Waals surface area (Å²) >= 11 is 5.74. The van der Waals surface area contributed by atoms with Gasteiger partial charge in [-0.25, -0.2) is 0 Å². The zero-order valence-corrected chi connectivity index (χ0v) is 23.7. The molecule has 212 valence electrons. The number of rotatable bonds is 7. The standard InChI is InChI=1S/C31H30F3N5OS/c1-19-10-4-6-12-24(19)36-27(40)15-17-38-29(28(37-30(38)41)25-13-8-9-16-35-25)22-18-20(2)39(21(22)3)26-14-7-5-11-23(26)31(32,33)34/h4-14,16,18,28-29H,15,17H2,1-3H3,(H,36,40)(H,37,41)/t28-,29+/m1/s1. The predicted molar refractivity (Wildman–Crippen MR) is 157 cm³/mol. The zero-order valence-electron chi connectivity index (χ0n) is 22.9. The summed E-state index contributed by atoms with van der Waals surface area (Å²) in [5.41, 5.74) is 3.92. The lowest BCUT2D eigenvalue weighted by molar-refractivity contribution is -0.137. The zero-order chi connectivity index (χ0) is 29.3. The van der Waals surface area contributed by atoms with Crippen LogP contribution in [0.1, 0.15) is 52.3 Å². The van der Waals surface area contributed by atoms with E-state index in [9.17, 15) is 18.0 Å². The first-order valence-corrected chi connectivity index (χ1v) is 13.7. The summed E-state index contributed by atoms with van der Waals surface area (Å²) in [7, 11) is 0. The lowest BCUT2D eigenvalue weighted by Crippen LogP contribution is -2.33. The Hall–Kier alpha value is -4.18. The molecule has 41 heavy (non-hydrogen) atoms. The first kappa shape index (κ1) is 28.4. The number of benzene rings is 2. The fraction of sp³-hybridized carbons (Fsp3) is 0.258. The summed E-state index contributed by atoms with van der Waals surface area (Å²) in [6.45, 7) is 5.84. The van der Waals surface area contributed by atoms with E-state index in [1.54, 1.807) is 23.8 Å². The second-order valence-corrected chi connectivity index (χ2v) is 10.5. The molecular weight excluding hydrogens is 547 g/mol. The van der Waals surface area contributed by atoms with Gasteiger partial charge in [0.15, 0.2) is 5.11 Å². The Labute approximate surface area is 242 Å². The molecule has 2 aromatic carbocycles. The highest BCUT2D eigenvalue weighted by atomic mass is 32.1. The minimum Gasteiger partial charge on any atom is -0.352 e. The van der Waals surface area contributed by atoms with Gasteiger partial charge in [-0.15, -0.1) is 0 Å². The van der Waals surface area contributed by atoms with E-state index in [-0.39, 0.29) is 24.1 Å². The fourth-order valence-corrected chi connectivity index (χ4v) is 5.83. The van der Waals surface area contributed by atoms with Crippen LogP contribution in [0.2, 0.25) is 0 Å². The molecule has 0 unspecified atom stereocenters. The number of hydrogen-bond acceptors (Lipinski definition) is 3. The molecule has 2 N–H and O–H groups in total. The Morgan fingerprint density at radius 3 is 2.44 bits per heavy atom. The summed E-state index contributed by atoms with van der Waals surface area (Å²) in [6, 6.07) is 19.8. The normalized spacial score (nSPS) is 17.0. The van der Waals surface area contributed by atoms with Gasteiger partial charge in [0.2, 0.25) is 5.91 Å². The monoisotopic (exact) mass is 577 g/mol. The largest absolute Gasteiger partial charge is 0.418 e. The number of para-hydroxylation sites is 2. The number of carbonyl (C=O) groups is 1. The minimum atomic E-state index is -4.51. The van der Waals surface area contributed by atoms with E-state index in [0.29, 0.717) is 23.0 Å². The molecule has 2 atom stereocenters. The van der Waals surface area contributed by atoms with Crippen LogP contribution in [0.3, 0.4) is 0 Å². The van der Waals surface area contributed by atoms with Crippen molar-refractivity contribution >= 4 is 28.9 Å². The van der Waals surface area contributed by atoms with Crippen molar-refractivity contribution in [1.29, 1.82) is 0 Å². The highest BCUT2D eigenvalue weighted by molar-refractivity contribution is 7.80. The molecule has 5 rings (SSSR count). The average Bonchev–Trinajstić information content (AvgIpc) is 3.42. The van der Waals surface area contributed by atoms with Gasteiger partial charge in [0.1, 0.15) is 0 Å². The molecular formula is C31H30F3N5OS. The molecule has 4 aromatic rings. The molecule has 1 aliphatic heterocycles. The van der Waals surface area contributed by atoms with Crippen molar-refractivity contribution < 1.29 is 18.0 Å². The predicted octanol–water partition coefficient (Wildman–Crippen LogP) is 6.82. The van der Waals surface area contributed by atoms with Gasteiger partial charge in [-0.05, 0) is 80.5 Å². The molecule has 3 heterocycles. The van der Waals surface area contributed by atoms with Crippen LogP contribution in [0.25, 0.3) is 5.69 Å². The Morgan fingerprint density at radius 2 is 1.73 bits per heavy atom. The highest BCUT2D eigenvalue weighted by Gasteiger charge is 2.42. The van der Waals surface area contributed by atoms with E-state index < -0.39 is 17.8 Å². The van der Waals surface area contributed by atoms with Gasteiger partial charge in [0, 0.05) is 36.2 Å². The van der Waals surface area contributed by atoms with Crippen LogP contribution >= 0.6 is 12.2 Å². The molecule has 1 saturated heterocycles. The number of hydrogen-bond donors (Lipinski definition) is 2. The van der Waals surface area contributed by atoms with Crippen LogP contribution in [-0.2, 0) is 11.0 Å². The Balaban J connectivity index is 1.52. The molecule has 2 aromatic heterocycles. The lowest BCUT2D eigenvalue weighted by atomic mass is 9.96. The molecule has 0 saturated carbocycles. The maximum Gasteiger partial charge on any atom is 0.418 e. The Morgan fingerprint density at radius 1 is 1.02 bits per heavy atom. The van der Waals surface area contributed by atoms with Crippen molar-refractivity contribution in [2.75, 3.05) is 11.9 Å². The third-order valence-electron chi connectivity index (χ3n) is 7.44. The Kier molecular flexibility index (Phi) is 7.86. The van der Waals surface area contributed by atoms with Crippen LogP contribution in [0.15, 0.2) is 79.0 Å².